The lowest BCUT2D eigenvalue weighted by molar-refractivity contribution is -0.175. The van der Waals surface area contributed by atoms with Crippen molar-refractivity contribution in [1.82, 2.24) is 0 Å². The van der Waals surface area contributed by atoms with Crippen LogP contribution in [0.2, 0.25) is 0 Å². The van der Waals surface area contributed by atoms with Crippen molar-refractivity contribution in [3.8, 4) is 5.75 Å². The first-order valence-corrected chi connectivity index (χ1v) is 10.4. The minimum Gasteiger partial charge on any atom is -0.497 e. The highest BCUT2D eigenvalue weighted by Crippen LogP contribution is 2.59. The zero-order valence-electron chi connectivity index (χ0n) is 18.1. The Labute approximate surface area is 178 Å². The van der Waals surface area contributed by atoms with Gasteiger partial charge in [-0.2, -0.15) is 0 Å². The molecule has 0 aromatic heterocycles. The fourth-order valence-electron chi connectivity index (χ4n) is 5.38. The Morgan fingerprint density at radius 1 is 1.13 bits per heavy atom. The monoisotopic (exact) mass is 410 g/mol. The summed E-state index contributed by atoms with van der Waals surface area (Å²) in [6, 6.07) is 7.36. The van der Waals surface area contributed by atoms with E-state index in [1.165, 1.54) is 6.08 Å². The second kappa shape index (κ2) is 8.58. The number of allylic oxidation sites excluding steroid dienone is 2. The molecule has 0 N–H and O–H groups in total. The van der Waals surface area contributed by atoms with Crippen molar-refractivity contribution < 1.29 is 23.9 Å². The number of hydrogen-bond acceptors (Lipinski definition) is 5. The maximum atomic E-state index is 12.6. The van der Waals surface area contributed by atoms with E-state index in [1.807, 2.05) is 37.3 Å². The van der Waals surface area contributed by atoms with Gasteiger partial charge in [-0.3, -0.25) is 4.79 Å². The van der Waals surface area contributed by atoms with Gasteiger partial charge in [-0.05, 0) is 59.9 Å². The quantitative estimate of drug-likeness (QED) is 0.395. The van der Waals surface area contributed by atoms with E-state index in [2.05, 4.69) is 13.8 Å². The molecule has 5 heteroatoms. The van der Waals surface area contributed by atoms with Crippen molar-refractivity contribution in [2.24, 2.45) is 22.7 Å². The summed E-state index contributed by atoms with van der Waals surface area (Å²) in [4.78, 5) is 36.2. The summed E-state index contributed by atoms with van der Waals surface area (Å²) in [6.07, 6.45) is 8.44. The predicted octanol–water partition coefficient (Wildman–Crippen LogP) is 4.41. The van der Waals surface area contributed by atoms with E-state index >= 15 is 0 Å². The van der Waals surface area contributed by atoms with Crippen LogP contribution >= 0.6 is 0 Å². The number of carbonyl (C=O) groups excluding carboxylic acids is 3. The Morgan fingerprint density at radius 2 is 1.83 bits per heavy atom. The Morgan fingerprint density at radius 3 is 2.43 bits per heavy atom. The number of aldehydes is 2. The van der Waals surface area contributed by atoms with Crippen molar-refractivity contribution >= 4 is 24.6 Å². The SMILES string of the molecule is COc1ccc(C=CC(=O)OC2CCC(C)(C)C3CC=C(C=O)C(C=O)C23C)cc1. The summed E-state index contributed by atoms with van der Waals surface area (Å²) < 4.78 is 11.0. The molecule has 0 aliphatic heterocycles. The van der Waals surface area contributed by atoms with Gasteiger partial charge in [0.1, 0.15) is 24.4 Å². The van der Waals surface area contributed by atoms with Gasteiger partial charge in [0.25, 0.3) is 0 Å². The van der Waals surface area contributed by atoms with Crippen LogP contribution in [0.3, 0.4) is 0 Å². The molecule has 1 fully saturated rings. The first-order valence-electron chi connectivity index (χ1n) is 10.4. The molecule has 30 heavy (non-hydrogen) atoms. The second-order valence-electron chi connectivity index (χ2n) is 9.15. The van der Waals surface area contributed by atoms with E-state index < -0.39 is 23.4 Å². The van der Waals surface area contributed by atoms with Crippen molar-refractivity contribution in [2.75, 3.05) is 7.11 Å². The largest absolute Gasteiger partial charge is 0.497 e. The van der Waals surface area contributed by atoms with E-state index in [4.69, 9.17) is 9.47 Å². The summed E-state index contributed by atoms with van der Waals surface area (Å²) in [5.74, 6) is -0.130. The normalized spacial score (nSPS) is 30.1. The minimum absolute atomic E-state index is 0.0111. The van der Waals surface area contributed by atoms with E-state index in [-0.39, 0.29) is 11.3 Å². The molecule has 2 aliphatic carbocycles. The van der Waals surface area contributed by atoms with E-state index in [1.54, 1.807) is 13.2 Å². The first-order chi connectivity index (χ1) is 14.3. The molecule has 1 aromatic rings. The predicted molar refractivity (Wildman–Crippen MR) is 115 cm³/mol. The number of ether oxygens (including phenoxy) is 2. The fourth-order valence-corrected chi connectivity index (χ4v) is 5.38. The second-order valence-corrected chi connectivity index (χ2v) is 9.15. The molecule has 0 heterocycles. The summed E-state index contributed by atoms with van der Waals surface area (Å²) in [7, 11) is 1.60. The average Bonchev–Trinajstić information content (AvgIpc) is 2.74. The van der Waals surface area contributed by atoms with Crippen LogP contribution in [-0.2, 0) is 19.1 Å². The van der Waals surface area contributed by atoms with Gasteiger partial charge >= 0.3 is 5.97 Å². The molecule has 0 radical (unpaired) electrons. The standard InChI is InChI=1S/C25H30O5/c1-24(2)14-13-22(25(3)20(16-27)18(15-26)8-11-21(24)25)30-23(28)12-7-17-5-9-19(29-4)10-6-17/h5-10,12,15-16,20-22H,11,13-14H2,1-4H3. The van der Waals surface area contributed by atoms with Gasteiger partial charge in [-0.1, -0.05) is 39.0 Å². The number of esters is 1. The molecule has 0 bridgehead atoms. The number of benzene rings is 1. The van der Waals surface area contributed by atoms with Crippen LogP contribution in [0.15, 0.2) is 42.0 Å². The van der Waals surface area contributed by atoms with Crippen molar-refractivity contribution in [3.05, 3.63) is 47.6 Å². The Balaban J connectivity index is 1.82. The lowest BCUT2D eigenvalue weighted by Crippen LogP contribution is -2.57. The smallest absolute Gasteiger partial charge is 0.331 e. The van der Waals surface area contributed by atoms with Gasteiger partial charge in [0.15, 0.2) is 0 Å². The van der Waals surface area contributed by atoms with Gasteiger partial charge in [0.2, 0.25) is 0 Å². The topological polar surface area (TPSA) is 69.7 Å². The first kappa shape index (κ1) is 22.0. The van der Waals surface area contributed by atoms with Crippen LogP contribution in [0.4, 0.5) is 0 Å². The lowest BCUT2D eigenvalue weighted by Gasteiger charge is -2.57. The number of fused-ring (bicyclic) bond motifs is 1. The maximum absolute atomic E-state index is 12.6. The fraction of sp³-hybridized carbons (Fsp3) is 0.480. The van der Waals surface area contributed by atoms with Gasteiger partial charge in [-0.25, -0.2) is 4.79 Å². The number of hydrogen-bond donors (Lipinski definition) is 0. The van der Waals surface area contributed by atoms with Crippen LogP contribution in [-0.4, -0.2) is 31.8 Å². The highest BCUT2D eigenvalue weighted by Gasteiger charge is 2.58. The van der Waals surface area contributed by atoms with Gasteiger partial charge in [0, 0.05) is 11.5 Å². The summed E-state index contributed by atoms with van der Waals surface area (Å²) in [5, 5.41) is 0. The molecule has 4 atom stereocenters. The highest BCUT2D eigenvalue weighted by molar-refractivity contribution is 5.87. The van der Waals surface area contributed by atoms with Crippen molar-refractivity contribution in [1.29, 1.82) is 0 Å². The summed E-state index contributed by atoms with van der Waals surface area (Å²) in [5.41, 5.74) is 0.730. The van der Waals surface area contributed by atoms with Crippen LogP contribution in [0.25, 0.3) is 6.08 Å². The molecule has 1 aromatic carbocycles. The zero-order chi connectivity index (χ0) is 21.9. The van der Waals surface area contributed by atoms with Crippen molar-refractivity contribution in [2.45, 2.75) is 46.1 Å². The third kappa shape index (κ3) is 3.98. The van der Waals surface area contributed by atoms with E-state index in [9.17, 15) is 14.4 Å². The van der Waals surface area contributed by atoms with Gasteiger partial charge in [-0.15, -0.1) is 0 Å². The Bertz CT molecular complexity index is 864. The lowest BCUT2D eigenvalue weighted by atomic mass is 9.48. The number of methoxy groups -OCH3 is 1. The summed E-state index contributed by atoms with van der Waals surface area (Å²) >= 11 is 0. The Hall–Kier alpha value is -2.69. The molecule has 5 nitrogen and oxygen atoms in total. The van der Waals surface area contributed by atoms with Crippen LogP contribution < -0.4 is 4.74 Å². The van der Waals surface area contributed by atoms with E-state index in [0.29, 0.717) is 18.4 Å². The highest BCUT2D eigenvalue weighted by atomic mass is 16.5. The summed E-state index contributed by atoms with van der Waals surface area (Å²) in [6.45, 7) is 6.39. The van der Waals surface area contributed by atoms with E-state index in [0.717, 1.165) is 30.3 Å². The molecule has 0 spiro atoms. The molecular weight excluding hydrogens is 380 g/mol. The zero-order valence-corrected chi connectivity index (χ0v) is 18.1. The molecule has 3 rings (SSSR count). The third-order valence-electron chi connectivity index (χ3n) is 7.12. The van der Waals surface area contributed by atoms with Crippen LogP contribution in [0.1, 0.15) is 45.6 Å². The molecule has 0 saturated heterocycles. The Kier molecular flexibility index (Phi) is 6.30. The minimum atomic E-state index is -0.613. The van der Waals surface area contributed by atoms with Crippen LogP contribution in [0.5, 0.6) is 5.75 Å². The number of carbonyl (C=O) groups is 3. The molecule has 4 unspecified atom stereocenters. The molecule has 2 aliphatic rings. The number of rotatable bonds is 6. The van der Waals surface area contributed by atoms with Gasteiger partial charge in [0.05, 0.1) is 13.0 Å². The molecular formula is C25H30O5. The molecule has 1 saturated carbocycles. The average molecular weight is 411 g/mol. The van der Waals surface area contributed by atoms with Crippen LogP contribution in [0, 0.1) is 22.7 Å². The van der Waals surface area contributed by atoms with Gasteiger partial charge < -0.3 is 14.3 Å². The third-order valence-corrected chi connectivity index (χ3v) is 7.12. The van der Waals surface area contributed by atoms with Crippen molar-refractivity contribution in [3.63, 3.8) is 0 Å². The molecule has 0 amide bonds. The molecule has 160 valence electrons. The maximum Gasteiger partial charge on any atom is 0.331 e.